The van der Waals surface area contributed by atoms with Crippen molar-refractivity contribution in [1.29, 1.82) is 0 Å². The Morgan fingerprint density at radius 2 is 2.00 bits per heavy atom. The van der Waals surface area contributed by atoms with E-state index in [2.05, 4.69) is 22.4 Å². The number of nitrogens with one attached hydrogen (secondary N) is 1. The van der Waals surface area contributed by atoms with Gasteiger partial charge in [0.05, 0.1) is 27.5 Å². The van der Waals surface area contributed by atoms with Gasteiger partial charge in [-0.25, -0.2) is 0 Å². The van der Waals surface area contributed by atoms with Gasteiger partial charge in [0, 0.05) is 12.5 Å². The van der Waals surface area contributed by atoms with Crippen molar-refractivity contribution < 1.29 is 9.85 Å². The normalized spacial score (nSPS) is 21.3. The van der Waals surface area contributed by atoms with Gasteiger partial charge in [-0.1, -0.05) is 35.0 Å². The fourth-order valence-electron chi connectivity index (χ4n) is 1.74. The third-order valence-electron chi connectivity index (χ3n) is 3.31. The molecule has 0 spiro atoms. The van der Waals surface area contributed by atoms with Crippen molar-refractivity contribution in [1.82, 2.24) is 0 Å². The van der Waals surface area contributed by atoms with Crippen molar-refractivity contribution in [2.75, 3.05) is 5.43 Å². The van der Waals surface area contributed by atoms with E-state index in [0.717, 1.165) is 12.1 Å². The van der Waals surface area contributed by atoms with Crippen LogP contribution in [0.15, 0.2) is 23.3 Å². The molecule has 1 aliphatic rings. The van der Waals surface area contributed by atoms with Crippen LogP contribution in [0.1, 0.15) is 13.3 Å². The predicted octanol–water partition coefficient (Wildman–Crippen LogP) is 3.49. The van der Waals surface area contributed by atoms with E-state index >= 15 is 0 Å². The van der Waals surface area contributed by atoms with Crippen LogP contribution in [-0.4, -0.2) is 20.4 Å². The highest BCUT2D eigenvalue weighted by atomic mass is 35.5. The Morgan fingerprint density at radius 1 is 1.35 bits per heavy atom. The lowest BCUT2D eigenvalue weighted by Crippen LogP contribution is -2.00. The van der Waals surface area contributed by atoms with Gasteiger partial charge in [0.25, 0.3) is 5.69 Å². The molecule has 1 aliphatic carbocycles. The zero-order valence-corrected chi connectivity index (χ0v) is 13.3. The molecule has 0 bridgehead atoms. The van der Waals surface area contributed by atoms with Gasteiger partial charge in [-0.3, -0.25) is 25.7 Å². The molecule has 1 unspecified atom stereocenters. The summed E-state index contributed by atoms with van der Waals surface area (Å²) >= 11 is 11.9. The van der Waals surface area contributed by atoms with E-state index in [0.29, 0.717) is 6.42 Å². The minimum Gasteiger partial charge on any atom is -0.271 e. The molecule has 0 aliphatic heterocycles. The van der Waals surface area contributed by atoms with E-state index < -0.39 is 25.3 Å². The number of benzene rings is 1. The van der Waals surface area contributed by atoms with Gasteiger partial charge >= 0.3 is 5.69 Å². The maximum absolute atomic E-state index is 10.9. The average Bonchev–Trinajstić information content (AvgIpc) is 2.96. The molecule has 1 aromatic rings. The van der Waals surface area contributed by atoms with Crippen LogP contribution < -0.4 is 5.43 Å². The van der Waals surface area contributed by atoms with Crippen molar-refractivity contribution in [3.05, 3.63) is 38.4 Å². The fraction of sp³-hybridized carbons (Fsp3) is 0.308. The van der Waals surface area contributed by atoms with E-state index in [1.165, 1.54) is 12.3 Å². The first-order chi connectivity index (χ1) is 10.7. The smallest absolute Gasteiger partial charge is 0.271 e. The van der Waals surface area contributed by atoms with Gasteiger partial charge in [-0.15, -0.1) is 0 Å². The Bertz CT molecular complexity index is 769. The highest BCUT2D eigenvalue weighted by Crippen LogP contribution is 2.63. The van der Waals surface area contributed by atoms with Crippen LogP contribution in [0.5, 0.6) is 0 Å². The molecule has 120 valence electrons. The molecule has 1 fully saturated rings. The quantitative estimate of drug-likeness (QED) is 0.292. The summed E-state index contributed by atoms with van der Waals surface area (Å²) in [4.78, 5) is 20.1. The first kappa shape index (κ1) is 17.0. The van der Waals surface area contributed by atoms with Crippen LogP contribution >= 0.6 is 23.2 Å². The third kappa shape index (κ3) is 3.70. The summed E-state index contributed by atoms with van der Waals surface area (Å²) in [6.45, 7) is 1.81. The number of hydrogen-bond donors (Lipinski definition) is 1. The van der Waals surface area contributed by atoms with Crippen molar-refractivity contribution in [3.63, 3.8) is 0 Å². The molecular formula is C13H10Cl2N4O4. The number of nitro benzene ring substituents is 2. The van der Waals surface area contributed by atoms with E-state index in [9.17, 15) is 20.2 Å². The maximum atomic E-state index is 10.9. The van der Waals surface area contributed by atoms with Crippen LogP contribution in [0.3, 0.4) is 0 Å². The van der Waals surface area contributed by atoms with Crippen LogP contribution in [-0.2, 0) is 0 Å². The lowest BCUT2D eigenvalue weighted by molar-refractivity contribution is -0.393. The molecule has 0 saturated heterocycles. The van der Waals surface area contributed by atoms with Crippen LogP contribution in [0, 0.1) is 37.5 Å². The molecule has 0 aromatic heterocycles. The number of hydrazone groups is 1. The Hall–Kier alpha value is -2.37. The van der Waals surface area contributed by atoms with Crippen molar-refractivity contribution in [2.24, 2.45) is 10.5 Å². The van der Waals surface area contributed by atoms with Gasteiger partial charge in [-0.2, -0.15) is 5.10 Å². The molecule has 1 N–H and O–H groups in total. The highest BCUT2D eigenvalue weighted by molar-refractivity contribution is 6.51. The van der Waals surface area contributed by atoms with Gasteiger partial charge < -0.3 is 0 Å². The Kier molecular flexibility index (Phi) is 4.45. The molecule has 10 heteroatoms. The molecule has 1 saturated carbocycles. The second-order valence-electron chi connectivity index (χ2n) is 5.07. The number of non-ortho nitro benzene ring substituents is 1. The molecule has 1 atom stereocenters. The number of nitrogens with zero attached hydrogens (tertiary/aromatic N) is 3. The molecule has 2 rings (SSSR count). The summed E-state index contributed by atoms with van der Waals surface area (Å²) in [5.74, 6) is 5.49. The molecule has 0 radical (unpaired) electrons. The molecule has 23 heavy (non-hydrogen) atoms. The van der Waals surface area contributed by atoms with E-state index in [4.69, 9.17) is 23.2 Å². The zero-order chi connectivity index (χ0) is 17.3. The minimum absolute atomic E-state index is 0.0142. The minimum atomic E-state index is -0.863. The van der Waals surface area contributed by atoms with Gasteiger partial charge in [0.2, 0.25) is 0 Å². The Labute approximate surface area is 140 Å². The first-order valence-electron chi connectivity index (χ1n) is 6.27. The lowest BCUT2D eigenvalue weighted by atomic mass is 10.1. The highest BCUT2D eigenvalue weighted by Gasteiger charge is 2.62. The van der Waals surface area contributed by atoms with E-state index in [-0.39, 0.29) is 11.4 Å². The van der Waals surface area contributed by atoms with Crippen LogP contribution in [0.2, 0.25) is 0 Å². The lowest BCUT2D eigenvalue weighted by Gasteiger charge is -2.01. The summed E-state index contributed by atoms with van der Waals surface area (Å²) < 4.78 is -0.863. The standard InChI is InChI=1S/C13H10Cl2N4O4/c1-12(8-13(12,14)15)5-2-6-16-17-10-4-3-9(18(20)21)7-11(10)19(22)23/h3-4,6-7,17H,8H2,1H3/b16-6+. The number of alkyl halides is 2. The largest absolute Gasteiger partial charge is 0.301 e. The first-order valence-corrected chi connectivity index (χ1v) is 7.03. The van der Waals surface area contributed by atoms with Crippen molar-refractivity contribution >= 4 is 46.5 Å². The van der Waals surface area contributed by atoms with Crippen molar-refractivity contribution in [3.8, 4) is 11.8 Å². The second kappa shape index (κ2) is 6.02. The van der Waals surface area contributed by atoms with Gasteiger partial charge in [0.15, 0.2) is 0 Å². The molecule has 0 amide bonds. The number of anilines is 1. The topological polar surface area (TPSA) is 111 Å². The monoisotopic (exact) mass is 356 g/mol. The van der Waals surface area contributed by atoms with Gasteiger partial charge in [0.1, 0.15) is 10.0 Å². The Morgan fingerprint density at radius 3 is 2.52 bits per heavy atom. The molecule has 0 heterocycles. The van der Waals surface area contributed by atoms with E-state index in [1.54, 1.807) is 0 Å². The molecule has 1 aromatic carbocycles. The average molecular weight is 357 g/mol. The summed E-state index contributed by atoms with van der Waals surface area (Å²) in [6.07, 6.45) is 1.75. The van der Waals surface area contributed by atoms with Crippen molar-refractivity contribution in [2.45, 2.75) is 17.7 Å². The number of hydrogen-bond acceptors (Lipinski definition) is 6. The summed E-state index contributed by atoms with van der Waals surface area (Å²) in [5, 5.41) is 25.3. The summed E-state index contributed by atoms with van der Waals surface area (Å²) in [7, 11) is 0. The van der Waals surface area contributed by atoms with E-state index in [1.807, 2.05) is 6.92 Å². The number of halogens is 2. The predicted molar refractivity (Wildman–Crippen MR) is 86.8 cm³/mol. The zero-order valence-electron chi connectivity index (χ0n) is 11.7. The number of nitro groups is 2. The second-order valence-corrected chi connectivity index (χ2v) is 6.55. The van der Waals surface area contributed by atoms with Crippen LogP contribution in [0.25, 0.3) is 0 Å². The summed E-state index contributed by atoms with van der Waals surface area (Å²) in [5.41, 5.74) is 1.10. The fourth-order valence-corrected chi connectivity index (χ4v) is 2.37. The number of rotatable bonds is 4. The molecule has 8 nitrogen and oxygen atoms in total. The van der Waals surface area contributed by atoms with Crippen LogP contribution in [0.4, 0.5) is 17.1 Å². The van der Waals surface area contributed by atoms with Gasteiger partial charge in [-0.05, 0) is 13.0 Å². The SMILES string of the molecule is CC1(C#C/C=N/Nc2ccc([N+](=O)[O-])cc2[N+](=O)[O-])CC1(Cl)Cl. The maximum Gasteiger partial charge on any atom is 0.301 e. The summed E-state index contributed by atoms with van der Waals surface area (Å²) in [6, 6.07) is 3.19. The third-order valence-corrected chi connectivity index (χ3v) is 4.41. The Balaban J connectivity index is 2.09. The molecular weight excluding hydrogens is 347 g/mol.